The molecule has 0 radical (unpaired) electrons. The fourth-order valence-electron chi connectivity index (χ4n) is 2.98. The molecule has 1 aliphatic heterocycles. The molecule has 0 saturated carbocycles. The number of aryl methyl sites for hydroxylation is 1. The summed E-state index contributed by atoms with van der Waals surface area (Å²) in [6, 6.07) is 8.37. The average Bonchev–Trinajstić information content (AvgIpc) is 3.05. The molecule has 0 N–H and O–H groups in total. The predicted molar refractivity (Wildman–Crippen MR) is 112 cm³/mol. The highest BCUT2D eigenvalue weighted by Crippen LogP contribution is 2.34. The zero-order valence-corrected chi connectivity index (χ0v) is 16.5. The molecule has 1 fully saturated rings. The van der Waals surface area contributed by atoms with Crippen LogP contribution in [0.25, 0.3) is 11.8 Å². The lowest BCUT2D eigenvalue weighted by Crippen LogP contribution is -2.27. The molecule has 0 atom stereocenters. The first kappa shape index (κ1) is 19.1. The number of thioether (sulfide) groups is 1. The van der Waals surface area contributed by atoms with Crippen LogP contribution in [0.3, 0.4) is 0 Å². The van der Waals surface area contributed by atoms with E-state index in [1.165, 1.54) is 28.8 Å². The Labute approximate surface area is 166 Å². The number of aromatic nitrogens is 1. The van der Waals surface area contributed by atoms with Gasteiger partial charge >= 0.3 is 0 Å². The number of carbonyl (C=O) groups excluding carboxylic acids is 1. The first-order valence-electron chi connectivity index (χ1n) is 8.13. The second-order valence-electron chi connectivity index (χ2n) is 6.02. The van der Waals surface area contributed by atoms with Crippen LogP contribution in [-0.4, -0.2) is 31.2 Å². The maximum Gasteiger partial charge on any atom is 0.269 e. The number of hydrogen-bond donors (Lipinski definition) is 0. The van der Waals surface area contributed by atoms with Gasteiger partial charge in [-0.2, -0.15) is 0 Å². The largest absolute Gasteiger partial charge is 0.318 e. The van der Waals surface area contributed by atoms with Gasteiger partial charge in [-0.1, -0.05) is 30.1 Å². The fraction of sp³-hybridized carbons (Fsp3) is 0.158. The first-order valence-corrected chi connectivity index (χ1v) is 9.36. The number of hydrogen-bond acceptors (Lipinski definition) is 5. The highest BCUT2D eigenvalue weighted by Gasteiger charge is 2.31. The summed E-state index contributed by atoms with van der Waals surface area (Å²) in [4.78, 5) is 25.0. The maximum absolute atomic E-state index is 12.5. The molecule has 138 valence electrons. The number of nitrogens with zero attached hydrogens (tertiary/aromatic N) is 3. The van der Waals surface area contributed by atoms with Crippen LogP contribution < -0.4 is 0 Å². The molecule has 6 nitrogen and oxygen atoms in total. The number of benzene rings is 1. The van der Waals surface area contributed by atoms with Crippen LogP contribution in [0.5, 0.6) is 0 Å². The predicted octanol–water partition coefficient (Wildman–Crippen LogP) is 4.39. The van der Waals surface area contributed by atoms with E-state index in [4.69, 9.17) is 12.2 Å². The van der Waals surface area contributed by atoms with E-state index in [-0.39, 0.29) is 11.6 Å². The van der Waals surface area contributed by atoms with Gasteiger partial charge in [0.2, 0.25) is 0 Å². The van der Waals surface area contributed by atoms with Gasteiger partial charge in [0.05, 0.1) is 9.83 Å². The zero-order chi connectivity index (χ0) is 19.7. The van der Waals surface area contributed by atoms with Crippen molar-refractivity contribution in [1.82, 2.24) is 9.47 Å². The van der Waals surface area contributed by atoms with Crippen LogP contribution in [-0.2, 0) is 4.79 Å². The van der Waals surface area contributed by atoms with Crippen molar-refractivity contribution in [3.63, 3.8) is 0 Å². The molecule has 1 aromatic heterocycles. The summed E-state index contributed by atoms with van der Waals surface area (Å²) in [5, 5.41) is 10.8. The molecule has 1 aliphatic rings. The summed E-state index contributed by atoms with van der Waals surface area (Å²) >= 11 is 6.55. The highest BCUT2D eigenvalue weighted by atomic mass is 32.2. The normalized spacial score (nSPS) is 15.6. The third-order valence-corrected chi connectivity index (χ3v) is 5.64. The Morgan fingerprint density at radius 2 is 1.96 bits per heavy atom. The van der Waals surface area contributed by atoms with Crippen molar-refractivity contribution in [3.8, 4) is 5.69 Å². The summed E-state index contributed by atoms with van der Waals surface area (Å²) in [5.41, 5.74) is 3.69. The van der Waals surface area contributed by atoms with Crippen molar-refractivity contribution in [2.75, 3.05) is 6.54 Å². The van der Waals surface area contributed by atoms with Gasteiger partial charge in [-0.3, -0.25) is 19.8 Å². The molecule has 3 rings (SSSR count). The van der Waals surface area contributed by atoms with Crippen LogP contribution in [0.1, 0.15) is 17.0 Å². The molecule has 27 heavy (non-hydrogen) atoms. The summed E-state index contributed by atoms with van der Waals surface area (Å²) in [6.07, 6.45) is 3.49. The Hall–Kier alpha value is -2.71. The lowest BCUT2D eigenvalue weighted by Gasteiger charge is -2.10. The monoisotopic (exact) mass is 399 g/mol. The molecule has 0 aliphatic carbocycles. The van der Waals surface area contributed by atoms with Gasteiger partial charge in [-0.05, 0) is 43.7 Å². The molecule has 1 amide bonds. The van der Waals surface area contributed by atoms with E-state index in [1.54, 1.807) is 18.2 Å². The van der Waals surface area contributed by atoms with Crippen molar-refractivity contribution >= 4 is 46.0 Å². The van der Waals surface area contributed by atoms with E-state index in [9.17, 15) is 14.9 Å². The molecule has 1 aromatic carbocycles. The van der Waals surface area contributed by atoms with Crippen LogP contribution in [0.15, 0.2) is 47.9 Å². The van der Waals surface area contributed by atoms with E-state index in [1.807, 2.05) is 30.6 Å². The Bertz CT molecular complexity index is 990. The summed E-state index contributed by atoms with van der Waals surface area (Å²) in [6.45, 7) is 7.95. The number of thiocarbonyl (C=S) groups is 1. The molecule has 0 unspecified atom stereocenters. The first-order chi connectivity index (χ1) is 12.8. The van der Waals surface area contributed by atoms with Crippen molar-refractivity contribution in [3.05, 3.63) is 75.0 Å². The molecule has 2 heterocycles. The molecule has 0 spiro atoms. The smallest absolute Gasteiger partial charge is 0.269 e. The van der Waals surface area contributed by atoms with Gasteiger partial charge in [0.1, 0.15) is 4.32 Å². The molecular formula is C19H17N3O3S2. The second kappa shape index (κ2) is 7.50. The van der Waals surface area contributed by atoms with Crippen molar-refractivity contribution < 1.29 is 9.72 Å². The van der Waals surface area contributed by atoms with Crippen LogP contribution in [0, 0.1) is 24.0 Å². The number of amides is 1. The van der Waals surface area contributed by atoms with Crippen LogP contribution >= 0.6 is 24.0 Å². The quantitative estimate of drug-likeness (QED) is 0.245. The van der Waals surface area contributed by atoms with Gasteiger partial charge in [-0.25, -0.2) is 0 Å². The minimum absolute atomic E-state index is 0.0485. The average molecular weight is 399 g/mol. The lowest BCUT2D eigenvalue weighted by molar-refractivity contribution is -0.384. The van der Waals surface area contributed by atoms with Gasteiger partial charge in [-0.15, -0.1) is 6.58 Å². The Morgan fingerprint density at radius 1 is 1.30 bits per heavy atom. The number of carbonyl (C=O) groups is 1. The fourth-order valence-corrected chi connectivity index (χ4v) is 4.25. The lowest BCUT2D eigenvalue weighted by atomic mass is 10.2. The Balaban J connectivity index is 1.97. The van der Waals surface area contributed by atoms with Gasteiger partial charge in [0.15, 0.2) is 0 Å². The number of rotatable bonds is 5. The minimum Gasteiger partial charge on any atom is -0.318 e. The second-order valence-corrected chi connectivity index (χ2v) is 7.69. The molecule has 2 aromatic rings. The minimum atomic E-state index is -0.421. The maximum atomic E-state index is 12.5. The Kier molecular flexibility index (Phi) is 5.29. The number of nitro benzene ring substituents is 1. The highest BCUT2D eigenvalue weighted by molar-refractivity contribution is 8.26. The molecule has 0 bridgehead atoms. The Morgan fingerprint density at radius 3 is 2.56 bits per heavy atom. The van der Waals surface area contributed by atoms with Gasteiger partial charge in [0.25, 0.3) is 11.6 Å². The standard InChI is InChI=1S/C19H17N3O3S2/c1-4-9-20-18(23)17(27-19(20)26)11-14-10-12(2)21(13(14)3)15-5-7-16(8-6-15)22(24)25/h4-8,10-11H,1,9H2,2-3H3. The third kappa shape index (κ3) is 3.58. The number of non-ortho nitro benzene ring substituents is 1. The van der Waals surface area contributed by atoms with Crippen LogP contribution in [0.4, 0.5) is 5.69 Å². The van der Waals surface area contributed by atoms with E-state index in [0.29, 0.717) is 15.8 Å². The molecular weight excluding hydrogens is 382 g/mol. The van der Waals surface area contributed by atoms with E-state index < -0.39 is 4.92 Å². The van der Waals surface area contributed by atoms with E-state index >= 15 is 0 Å². The van der Waals surface area contributed by atoms with Gasteiger partial charge in [0, 0.05) is 35.8 Å². The van der Waals surface area contributed by atoms with Crippen LogP contribution in [0.2, 0.25) is 0 Å². The number of nitro groups is 1. The topological polar surface area (TPSA) is 68.4 Å². The van der Waals surface area contributed by atoms with Gasteiger partial charge < -0.3 is 4.57 Å². The van der Waals surface area contributed by atoms with Crippen molar-refractivity contribution in [1.29, 1.82) is 0 Å². The summed E-state index contributed by atoms with van der Waals surface area (Å²) < 4.78 is 2.52. The molecule has 8 heteroatoms. The van der Waals surface area contributed by atoms with Crippen molar-refractivity contribution in [2.24, 2.45) is 0 Å². The summed E-state index contributed by atoms with van der Waals surface area (Å²) in [7, 11) is 0. The molecule has 1 saturated heterocycles. The zero-order valence-electron chi connectivity index (χ0n) is 14.8. The van der Waals surface area contributed by atoms with E-state index in [2.05, 4.69) is 6.58 Å². The SMILES string of the molecule is C=CCN1C(=O)C(=Cc2cc(C)n(-c3ccc([N+](=O)[O-])cc3)c2C)SC1=S. The van der Waals surface area contributed by atoms with E-state index in [0.717, 1.165) is 22.6 Å². The van der Waals surface area contributed by atoms with Crippen molar-refractivity contribution in [2.45, 2.75) is 13.8 Å². The third-order valence-electron chi connectivity index (χ3n) is 4.26. The summed E-state index contributed by atoms with van der Waals surface area (Å²) in [5.74, 6) is -0.120.